The van der Waals surface area contributed by atoms with Gasteiger partial charge in [-0.3, -0.25) is 0 Å². The lowest BCUT2D eigenvalue weighted by Gasteiger charge is -2.02. The monoisotopic (exact) mass is 204 g/mol. The van der Waals surface area contributed by atoms with Crippen molar-refractivity contribution in [2.75, 3.05) is 5.73 Å². The third-order valence-electron chi connectivity index (χ3n) is 2.15. The summed E-state index contributed by atoms with van der Waals surface area (Å²) in [6, 6.07) is 8.31. The third-order valence-corrected chi connectivity index (χ3v) is 3.04. The average Bonchev–Trinajstić information content (AvgIpc) is 2.65. The van der Waals surface area contributed by atoms with Crippen LogP contribution in [0.2, 0.25) is 0 Å². The Balaban J connectivity index is 2.50. The van der Waals surface area contributed by atoms with Gasteiger partial charge in [-0.1, -0.05) is 31.2 Å². The van der Waals surface area contributed by atoms with Crippen molar-refractivity contribution in [2.24, 2.45) is 0 Å². The molecule has 2 rings (SSSR count). The molecule has 72 valence electrons. The Morgan fingerprint density at radius 1 is 1.36 bits per heavy atom. The second-order valence-corrected chi connectivity index (χ2v) is 3.95. The normalized spacial score (nSPS) is 10.4. The number of benzene rings is 1. The van der Waals surface area contributed by atoms with Crippen molar-refractivity contribution >= 4 is 17.2 Å². The highest BCUT2D eigenvalue weighted by molar-refractivity contribution is 7.13. The van der Waals surface area contributed by atoms with Crippen molar-refractivity contribution in [3.8, 4) is 10.6 Å². The van der Waals surface area contributed by atoms with Crippen LogP contribution in [0.25, 0.3) is 10.6 Å². The van der Waals surface area contributed by atoms with Gasteiger partial charge in [-0.15, -0.1) is 11.3 Å². The van der Waals surface area contributed by atoms with Gasteiger partial charge in [0.25, 0.3) is 0 Å². The van der Waals surface area contributed by atoms with Crippen molar-refractivity contribution in [2.45, 2.75) is 13.3 Å². The van der Waals surface area contributed by atoms with Crippen LogP contribution in [0.1, 0.15) is 12.5 Å². The molecule has 0 aliphatic rings. The zero-order chi connectivity index (χ0) is 9.97. The number of anilines is 1. The molecular formula is C11H12N2S. The van der Waals surface area contributed by atoms with E-state index in [4.69, 9.17) is 5.73 Å². The number of nitrogens with zero attached hydrogens (tertiary/aromatic N) is 1. The number of rotatable bonds is 2. The lowest BCUT2D eigenvalue weighted by Crippen LogP contribution is -1.87. The second kappa shape index (κ2) is 3.80. The summed E-state index contributed by atoms with van der Waals surface area (Å²) in [4.78, 5) is 4.29. The van der Waals surface area contributed by atoms with E-state index in [1.54, 1.807) is 11.3 Å². The topological polar surface area (TPSA) is 38.9 Å². The quantitative estimate of drug-likeness (QED) is 0.816. The molecule has 1 aromatic heterocycles. The first-order chi connectivity index (χ1) is 6.81. The molecule has 0 radical (unpaired) electrons. The average molecular weight is 204 g/mol. The number of hydrogen-bond acceptors (Lipinski definition) is 3. The lowest BCUT2D eigenvalue weighted by atomic mass is 10.1. The number of nitrogen functional groups attached to an aromatic ring is 1. The summed E-state index contributed by atoms with van der Waals surface area (Å²) in [7, 11) is 0. The Labute approximate surface area is 87.4 Å². The van der Waals surface area contributed by atoms with E-state index in [2.05, 4.69) is 30.1 Å². The Morgan fingerprint density at radius 3 is 2.79 bits per heavy atom. The number of nitrogens with two attached hydrogens (primary N) is 1. The zero-order valence-electron chi connectivity index (χ0n) is 8.03. The van der Waals surface area contributed by atoms with Crippen LogP contribution in [0, 0.1) is 0 Å². The van der Waals surface area contributed by atoms with Crippen molar-refractivity contribution in [3.63, 3.8) is 0 Å². The first-order valence-corrected chi connectivity index (χ1v) is 5.48. The molecule has 3 heteroatoms. The molecule has 0 atom stereocenters. The predicted molar refractivity (Wildman–Crippen MR) is 61.3 cm³/mol. The van der Waals surface area contributed by atoms with Gasteiger partial charge in [0.15, 0.2) is 0 Å². The summed E-state index contributed by atoms with van der Waals surface area (Å²) < 4.78 is 0. The van der Waals surface area contributed by atoms with Crippen LogP contribution in [0.5, 0.6) is 0 Å². The number of aromatic nitrogens is 1. The van der Waals surface area contributed by atoms with Crippen molar-refractivity contribution in [3.05, 3.63) is 35.2 Å². The van der Waals surface area contributed by atoms with E-state index >= 15 is 0 Å². The standard InChI is InChI=1S/C11H12N2S/c1-2-8-5-3-4-6-9(8)11-13-10(12)7-14-11/h3-7H,2,12H2,1H3. The molecule has 2 N–H and O–H groups in total. The number of hydrogen-bond donors (Lipinski definition) is 1. The van der Waals surface area contributed by atoms with E-state index in [1.807, 2.05) is 11.4 Å². The molecule has 2 aromatic rings. The fraction of sp³-hybridized carbons (Fsp3) is 0.182. The molecule has 0 aliphatic carbocycles. The Bertz CT molecular complexity index is 434. The van der Waals surface area contributed by atoms with Crippen molar-refractivity contribution < 1.29 is 0 Å². The van der Waals surface area contributed by atoms with Crippen molar-refractivity contribution in [1.82, 2.24) is 4.98 Å². The minimum atomic E-state index is 0.607. The molecular weight excluding hydrogens is 192 g/mol. The van der Waals surface area contributed by atoms with Gasteiger partial charge in [0.05, 0.1) is 0 Å². The summed E-state index contributed by atoms with van der Waals surface area (Å²) in [5.41, 5.74) is 8.13. The van der Waals surface area contributed by atoms with Crippen LogP contribution in [0.4, 0.5) is 5.82 Å². The molecule has 14 heavy (non-hydrogen) atoms. The highest BCUT2D eigenvalue weighted by Gasteiger charge is 2.06. The van der Waals surface area contributed by atoms with Gasteiger partial charge in [-0.05, 0) is 12.0 Å². The van der Waals surface area contributed by atoms with E-state index in [0.29, 0.717) is 5.82 Å². The summed E-state index contributed by atoms with van der Waals surface area (Å²) in [6.07, 6.45) is 1.02. The van der Waals surface area contributed by atoms with Crippen LogP contribution in [-0.2, 0) is 6.42 Å². The maximum absolute atomic E-state index is 5.61. The first-order valence-electron chi connectivity index (χ1n) is 4.60. The molecule has 0 unspecified atom stereocenters. The highest BCUT2D eigenvalue weighted by Crippen LogP contribution is 2.27. The maximum atomic E-state index is 5.61. The molecule has 0 amide bonds. The first kappa shape index (κ1) is 9.21. The third kappa shape index (κ3) is 1.63. The summed E-state index contributed by atoms with van der Waals surface area (Å²) in [5.74, 6) is 0.607. The van der Waals surface area contributed by atoms with Crippen LogP contribution < -0.4 is 5.73 Å². The largest absolute Gasteiger partial charge is 0.383 e. The predicted octanol–water partition coefficient (Wildman–Crippen LogP) is 2.95. The minimum absolute atomic E-state index is 0.607. The van der Waals surface area contributed by atoms with Gasteiger partial charge in [0.2, 0.25) is 0 Å². The van der Waals surface area contributed by atoms with E-state index in [1.165, 1.54) is 11.1 Å². The minimum Gasteiger partial charge on any atom is -0.383 e. The summed E-state index contributed by atoms with van der Waals surface area (Å²) in [6.45, 7) is 2.15. The Kier molecular flexibility index (Phi) is 2.50. The van der Waals surface area contributed by atoms with Gasteiger partial charge in [-0.2, -0.15) is 0 Å². The summed E-state index contributed by atoms with van der Waals surface area (Å²) >= 11 is 1.60. The highest BCUT2D eigenvalue weighted by atomic mass is 32.1. The number of aryl methyl sites for hydroxylation is 1. The number of thiazole rings is 1. The van der Waals surface area contributed by atoms with E-state index in [-0.39, 0.29) is 0 Å². The Morgan fingerprint density at radius 2 is 2.14 bits per heavy atom. The molecule has 0 bridgehead atoms. The molecule has 1 heterocycles. The van der Waals surface area contributed by atoms with Gasteiger partial charge >= 0.3 is 0 Å². The Hall–Kier alpha value is -1.35. The fourth-order valence-electron chi connectivity index (χ4n) is 1.45. The fourth-order valence-corrected chi connectivity index (χ4v) is 2.22. The van der Waals surface area contributed by atoms with E-state index in [0.717, 1.165) is 11.4 Å². The summed E-state index contributed by atoms with van der Waals surface area (Å²) in [5, 5.41) is 2.89. The SMILES string of the molecule is CCc1ccccc1-c1nc(N)cs1. The van der Waals surface area contributed by atoms with Crippen LogP contribution in [-0.4, -0.2) is 4.98 Å². The molecule has 0 fully saturated rings. The van der Waals surface area contributed by atoms with Crippen molar-refractivity contribution in [1.29, 1.82) is 0 Å². The lowest BCUT2D eigenvalue weighted by molar-refractivity contribution is 1.14. The smallest absolute Gasteiger partial charge is 0.135 e. The van der Waals surface area contributed by atoms with Crippen LogP contribution in [0.3, 0.4) is 0 Å². The van der Waals surface area contributed by atoms with Crippen LogP contribution in [0.15, 0.2) is 29.6 Å². The second-order valence-electron chi connectivity index (χ2n) is 3.09. The van der Waals surface area contributed by atoms with Crippen LogP contribution >= 0.6 is 11.3 Å². The van der Waals surface area contributed by atoms with E-state index < -0.39 is 0 Å². The van der Waals surface area contributed by atoms with Gasteiger partial charge in [0, 0.05) is 10.9 Å². The molecule has 0 aliphatic heterocycles. The van der Waals surface area contributed by atoms with Gasteiger partial charge < -0.3 is 5.73 Å². The maximum Gasteiger partial charge on any atom is 0.135 e. The molecule has 0 saturated carbocycles. The molecule has 0 saturated heterocycles. The van der Waals surface area contributed by atoms with E-state index in [9.17, 15) is 0 Å². The van der Waals surface area contributed by atoms with Gasteiger partial charge in [-0.25, -0.2) is 4.98 Å². The molecule has 0 spiro atoms. The molecule has 2 nitrogen and oxygen atoms in total. The molecule has 1 aromatic carbocycles. The zero-order valence-corrected chi connectivity index (χ0v) is 8.84. The van der Waals surface area contributed by atoms with Gasteiger partial charge in [0.1, 0.15) is 10.8 Å².